The standard InChI is InChI=1S/C20H17FN4O4S2/c1-11-7-22-19(31(2,27)28)24-14(11)17-23-15-16(30-17)20(9-29-10-20)25(18(15)26)8-12-4-3-5-13(21)6-12/h3-7H,8-10H2,1-2H3. The summed E-state index contributed by atoms with van der Waals surface area (Å²) >= 11 is 1.30. The molecule has 1 spiro atoms. The number of carbonyl (C=O) groups excluding carboxylic acids is 1. The Balaban J connectivity index is 1.56. The first kappa shape index (κ1) is 20.2. The number of hydrogen-bond donors (Lipinski definition) is 0. The number of amides is 1. The summed E-state index contributed by atoms with van der Waals surface area (Å²) < 4.78 is 42.8. The molecule has 0 saturated carbocycles. The van der Waals surface area contributed by atoms with Gasteiger partial charge >= 0.3 is 0 Å². The van der Waals surface area contributed by atoms with Crippen LogP contribution in [0.4, 0.5) is 4.39 Å². The first-order valence-corrected chi connectivity index (χ1v) is 12.1. The molecule has 0 radical (unpaired) electrons. The van der Waals surface area contributed by atoms with E-state index in [2.05, 4.69) is 15.0 Å². The molecule has 31 heavy (non-hydrogen) atoms. The van der Waals surface area contributed by atoms with Crippen molar-refractivity contribution in [2.45, 2.75) is 24.2 Å². The molecular weight excluding hydrogens is 443 g/mol. The fourth-order valence-corrected chi connectivity index (χ4v) is 5.55. The van der Waals surface area contributed by atoms with Crippen LogP contribution in [-0.4, -0.2) is 53.6 Å². The normalized spacial score (nSPS) is 17.1. The Morgan fingerprint density at radius 1 is 1.26 bits per heavy atom. The molecule has 8 nitrogen and oxygen atoms in total. The Kier molecular flexibility index (Phi) is 4.47. The van der Waals surface area contributed by atoms with Crippen molar-refractivity contribution in [3.63, 3.8) is 0 Å². The lowest BCUT2D eigenvalue weighted by atomic mass is 9.95. The molecule has 2 aliphatic rings. The Morgan fingerprint density at radius 2 is 2.03 bits per heavy atom. The van der Waals surface area contributed by atoms with Crippen LogP contribution in [0.5, 0.6) is 0 Å². The summed E-state index contributed by atoms with van der Waals surface area (Å²) in [5, 5.41) is 0.170. The maximum Gasteiger partial charge on any atom is 0.274 e. The zero-order valence-electron chi connectivity index (χ0n) is 16.6. The maximum absolute atomic E-state index is 13.6. The van der Waals surface area contributed by atoms with Gasteiger partial charge in [-0.15, -0.1) is 11.3 Å². The number of aryl methyl sites for hydroxylation is 1. The van der Waals surface area contributed by atoms with Gasteiger partial charge in [-0.2, -0.15) is 0 Å². The number of sulfone groups is 1. The highest BCUT2D eigenvalue weighted by Gasteiger charge is 2.57. The van der Waals surface area contributed by atoms with Gasteiger partial charge in [0.05, 0.1) is 18.1 Å². The molecule has 0 unspecified atom stereocenters. The van der Waals surface area contributed by atoms with E-state index >= 15 is 0 Å². The highest BCUT2D eigenvalue weighted by Crippen LogP contribution is 2.49. The van der Waals surface area contributed by atoms with Crippen LogP contribution in [0.1, 0.15) is 26.5 Å². The van der Waals surface area contributed by atoms with E-state index in [0.717, 1.165) is 11.1 Å². The Labute approximate surface area is 181 Å². The summed E-state index contributed by atoms with van der Waals surface area (Å²) in [4.78, 5) is 28.3. The van der Waals surface area contributed by atoms with Crippen molar-refractivity contribution in [3.8, 4) is 10.7 Å². The number of nitrogens with zero attached hydrogens (tertiary/aromatic N) is 4. The number of benzene rings is 1. The minimum atomic E-state index is -3.59. The molecule has 1 fully saturated rings. The van der Waals surface area contributed by atoms with Gasteiger partial charge in [-0.05, 0) is 30.2 Å². The van der Waals surface area contributed by atoms with Gasteiger partial charge in [0.25, 0.3) is 5.91 Å². The molecular formula is C20H17FN4O4S2. The van der Waals surface area contributed by atoms with Gasteiger partial charge in [0.15, 0.2) is 0 Å². The minimum Gasteiger partial charge on any atom is -0.376 e. The summed E-state index contributed by atoms with van der Waals surface area (Å²) in [7, 11) is -3.59. The monoisotopic (exact) mass is 460 g/mol. The second-order valence-electron chi connectivity index (χ2n) is 7.70. The molecule has 0 atom stereocenters. The summed E-state index contributed by atoms with van der Waals surface area (Å²) in [5.74, 6) is -0.626. The number of halogens is 1. The van der Waals surface area contributed by atoms with Gasteiger partial charge in [0.2, 0.25) is 15.0 Å². The molecule has 5 rings (SSSR count). The Hall–Kier alpha value is -2.76. The molecule has 4 heterocycles. The molecule has 1 aromatic carbocycles. The lowest BCUT2D eigenvalue weighted by Crippen LogP contribution is -2.56. The van der Waals surface area contributed by atoms with E-state index in [0.29, 0.717) is 40.7 Å². The van der Waals surface area contributed by atoms with E-state index in [-0.39, 0.29) is 23.4 Å². The average Bonchev–Trinajstić information content (AvgIpc) is 3.19. The number of ether oxygens (including phenoxy) is 1. The third-order valence-electron chi connectivity index (χ3n) is 5.41. The van der Waals surface area contributed by atoms with Crippen LogP contribution in [0.3, 0.4) is 0 Å². The van der Waals surface area contributed by atoms with Crippen molar-refractivity contribution in [2.24, 2.45) is 0 Å². The number of hydrogen-bond acceptors (Lipinski definition) is 8. The van der Waals surface area contributed by atoms with Gasteiger partial charge in [-0.1, -0.05) is 12.1 Å². The van der Waals surface area contributed by atoms with E-state index in [9.17, 15) is 17.6 Å². The molecule has 0 bridgehead atoms. The molecule has 160 valence electrons. The van der Waals surface area contributed by atoms with Crippen LogP contribution in [0.25, 0.3) is 10.7 Å². The predicted molar refractivity (Wildman–Crippen MR) is 110 cm³/mol. The number of carbonyl (C=O) groups is 1. The average molecular weight is 461 g/mol. The molecule has 11 heteroatoms. The third-order valence-corrected chi connectivity index (χ3v) is 7.52. The summed E-state index contributed by atoms with van der Waals surface area (Å²) in [5.41, 5.74) is 1.37. The van der Waals surface area contributed by atoms with Crippen molar-refractivity contribution >= 4 is 27.1 Å². The lowest BCUT2D eigenvalue weighted by Gasteiger charge is -2.44. The van der Waals surface area contributed by atoms with Crippen LogP contribution in [0, 0.1) is 12.7 Å². The summed E-state index contributed by atoms with van der Waals surface area (Å²) in [6.07, 6.45) is 2.48. The Bertz CT molecular complexity index is 1330. The lowest BCUT2D eigenvalue weighted by molar-refractivity contribution is -0.126. The predicted octanol–water partition coefficient (Wildman–Crippen LogP) is 2.33. The van der Waals surface area contributed by atoms with Gasteiger partial charge in [0.1, 0.15) is 27.8 Å². The number of thiazole rings is 1. The van der Waals surface area contributed by atoms with Crippen molar-refractivity contribution in [3.05, 3.63) is 58.0 Å². The van der Waals surface area contributed by atoms with Crippen LogP contribution < -0.4 is 0 Å². The molecule has 3 aromatic rings. The molecule has 0 N–H and O–H groups in total. The van der Waals surface area contributed by atoms with Gasteiger partial charge in [-0.25, -0.2) is 27.8 Å². The van der Waals surface area contributed by atoms with Crippen molar-refractivity contribution in [1.82, 2.24) is 19.9 Å². The third kappa shape index (κ3) is 3.15. The molecule has 0 aliphatic carbocycles. The topological polar surface area (TPSA) is 102 Å². The van der Waals surface area contributed by atoms with E-state index in [1.165, 1.54) is 29.7 Å². The first-order valence-electron chi connectivity index (χ1n) is 9.38. The highest BCUT2D eigenvalue weighted by molar-refractivity contribution is 7.90. The summed E-state index contributed by atoms with van der Waals surface area (Å²) in [6.45, 7) is 2.64. The minimum absolute atomic E-state index is 0.239. The van der Waals surface area contributed by atoms with Crippen molar-refractivity contribution < 1.29 is 22.3 Å². The second-order valence-corrected chi connectivity index (χ2v) is 10.6. The smallest absolute Gasteiger partial charge is 0.274 e. The first-order chi connectivity index (χ1) is 14.7. The molecule has 1 saturated heterocycles. The van der Waals surface area contributed by atoms with E-state index < -0.39 is 15.4 Å². The van der Waals surface area contributed by atoms with Gasteiger partial charge < -0.3 is 9.64 Å². The number of rotatable bonds is 4. The zero-order chi connectivity index (χ0) is 22.0. The van der Waals surface area contributed by atoms with Gasteiger partial charge in [-0.3, -0.25) is 4.79 Å². The fourth-order valence-electron chi connectivity index (χ4n) is 3.77. The van der Waals surface area contributed by atoms with Crippen molar-refractivity contribution in [1.29, 1.82) is 0 Å². The molecule has 2 aromatic heterocycles. The van der Waals surface area contributed by atoms with E-state index in [1.807, 2.05) is 0 Å². The number of aromatic nitrogens is 3. The quantitative estimate of drug-likeness (QED) is 0.551. The zero-order valence-corrected chi connectivity index (χ0v) is 18.3. The molecule has 2 aliphatic heterocycles. The fraction of sp³-hybridized carbons (Fsp3) is 0.300. The largest absolute Gasteiger partial charge is 0.376 e. The maximum atomic E-state index is 13.6. The van der Waals surface area contributed by atoms with E-state index in [4.69, 9.17) is 4.74 Å². The highest BCUT2D eigenvalue weighted by atomic mass is 32.2. The van der Waals surface area contributed by atoms with E-state index in [1.54, 1.807) is 24.0 Å². The second kappa shape index (κ2) is 6.87. The van der Waals surface area contributed by atoms with Crippen molar-refractivity contribution in [2.75, 3.05) is 19.5 Å². The molecule has 1 amide bonds. The van der Waals surface area contributed by atoms with Crippen LogP contribution in [-0.2, 0) is 26.7 Å². The SMILES string of the molecule is Cc1cnc(S(C)(=O)=O)nc1-c1nc2c(s1)C1(COC1)N(Cc1cccc(F)c1)C2=O. The van der Waals surface area contributed by atoms with Crippen LogP contribution in [0.2, 0.25) is 0 Å². The summed E-state index contributed by atoms with van der Waals surface area (Å²) in [6, 6.07) is 6.14. The van der Waals surface area contributed by atoms with Crippen LogP contribution >= 0.6 is 11.3 Å². The van der Waals surface area contributed by atoms with Gasteiger partial charge in [0, 0.05) is 19.0 Å². The van der Waals surface area contributed by atoms with Crippen LogP contribution in [0.15, 0.2) is 35.6 Å². The Morgan fingerprint density at radius 3 is 2.68 bits per heavy atom. The number of fused-ring (bicyclic) bond motifs is 2.